The standard InChI is InChI=1S/C17H19NO4/c1-16(2,10-8-6-5-7-9-10)12-11(13(19)20)18-14(21)17(3,4)15(18)22-12/h5-9,15H,1-4H3,(H,19,20). The van der Waals surface area contributed by atoms with E-state index in [0.29, 0.717) is 5.76 Å². The number of hydrogen-bond acceptors (Lipinski definition) is 3. The maximum atomic E-state index is 12.2. The van der Waals surface area contributed by atoms with Gasteiger partial charge in [-0.1, -0.05) is 30.3 Å². The third-order valence-electron chi connectivity index (χ3n) is 4.57. The van der Waals surface area contributed by atoms with E-state index in [1.807, 2.05) is 44.2 Å². The molecule has 5 heteroatoms. The van der Waals surface area contributed by atoms with Crippen LogP contribution in [-0.2, 0) is 19.7 Å². The van der Waals surface area contributed by atoms with Gasteiger partial charge in [0.15, 0.2) is 11.9 Å². The number of rotatable bonds is 3. The number of carbonyl (C=O) groups excluding carboxylic acids is 1. The Bertz CT molecular complexity index is 688. The van der Waals surface area contributed by atoms with Gasteiger partial charge in [0.1, 0.15) is 11.2 Å². The van der Waals surface area contributed by atoms with Crippen molar-refractivity contribution in [3.8, 4) is 0 Å². The van der Waals surface area contributed by atoms with Crippen LogP contribution in [0.25, 0.3) is 0 Å². The number of hydrogen-bond donors (Lipinski definition) is 1. The van der Waals surface area contributed by atoms with Crippen LogP contribution < -0.4 is 0 Å². The smallest absolute Gasteiger partial charge is 0.356 e. The molecule has 3 rings (SSSR count). The number of carboxylic acids is 1. The predicted octanol–water partition coefficient (Wildman–Crippen LogP) is 2.49. The monoisotopic (exact) mass is 301 g/mol. The molecule has 5 nitrogen and oxygen atoms in total. The fourth-order valence-electron chi connectivity index (χ4n) is 3.10. The van der Waals surface area contributed by atoms with Gasteiger partial charge in [-0.25, -0.2) is 4.79 Å². The zero-order valence-electron chi connectivity index (χ0n) is 13.1. The number of allylic oxidation sites excluding steroid dienone is 1. The number of ether oxygens (including phenoxy) is 1. The first-order valence-corrected chi connectivity index (χ1v) is 7.23. The van der Waals surface area contributed by atoms with Crippen LogP contribution in [0.5, 0.6) is 0 Å². The van der Waals surface area contributed by atoms with E-state index < -0.39 is 23.0 Å². The molecule has 22 heavy (non-hydrogen) atoms. The van der Waals surface area contributed by atoms with E-state index in [1.54, 1.807) is 13.8 Å². The zero-order chi connectivity index (χ0) is 16.3. The van der Waals surface area contributed by atoms with Gasteiger partial charge in [-0.2, -0.15) is 0 Å². The first-order chi connectivity index (χ1) is 10.2. The fraction of sp³-hybridized carbons (Fsp3) is 0.412. The Kier molecular flexibility index (Phi) is 2.89. The molecule has 0 bridgehead atoms. The van der Waals surface area contributed by atoms with Gasteiger partial charge in [0.25, 0.3) is 0 Å². The molecule has 0 aromatic heterocycles. The normalized spacial score (nSPS) is 23.0. The summed E-state index contributed by atoms with van der Waals surface area (Å²) in [5.41, 5.74) is -0.433. The first-order valence-electron chi connectivity index (χ1n) is 7.23. The second-order valence-electron chi connectivity index (χ2n) is 6.84. The van der Waals surface area contributed by atoms with Gasteiger partial charge in [-0.05, 0) is 33.3 Å². The number of nitrogens with zero attached hydrogens (tertiary/aromatic N) is 1. The fourth-order valence-corrected chi connectivity index (χ4v) is 3.10. The second-order valence-corrected chi connectivity index (χ2v) is 6.84. The Labute approximate surface area is 129 Å². The van der Waals surface area contributed by atoms with E-state index in [4.69, 9.17) is 4.74 Å². The largest absolute Gasteiger partial charge is 0.476 e. The third kappa shape index (κ3) is 1.71. The van der Waals surface area contributed by atoms with Gasteiger partial charge in [0.2, 0.25) is 5.91 Å². The van der Waals surface area contributed by atoms with Crippen LogP contribution in [-0.4, -0.2) is 28.1 Å². The van der Waals surface area contributed by atoms with Crippen molar-refractivity contribution in [3.63, 3.8) is 0 Å². The van der Waals surface area contributed by atoms with Crippen molar-refractivity contribution in [2.75, 3.05) is 0 Å². The lowest BCUT2D eigenvalue weighted by Crippen LogP contribution is -2.64. The maximum absolute atomic E-state index is 12.2. The minimum absolute atomic E-state index is 0.0387. The van der Waals surface area contributed by atoms with Crippen LogP contribution in [0.3, 0.4) is 0 Å². The predicted molar refractivity (Wildman–Crippen MR) is 79.6 cm³/mol. The van der Waals surface area contributed by atoms with Crippen molar-refractivity contribution < 1.29 is 19.4 Å². The van der Waals surface area contributed by atoms with Crippen LogP contribution in [0.1, 0.15) is 33.3 Å². The minimum Gasteiger partial charge on any atom is -0.476 e. The molecule has 1 aromatic carbocycles. The molecule has 2 aliphatic heterocycles. The van der Waals surface area contributed by atoms with Gasteiger partial charge in [-0.15, -0.1) is 0 Å². The highest BCUT2D eigenvalue weighted by atomic mass is 16.5. The van der Waals surface area contributed by atoms with Crippen LogP contribution in [0.2, 0.25) is 0 Å². The second kappa shape index (κ2) is 4.35. The van der Waals surface area contributed by atoms with Gasteiger partial charge in [0, 0.05) is 5.41 Å². The topological polar surface area (TPSA) is 66.8 Å². The number of benzene rings is 1. The first kappa shape index (κ1) is 14.6. The lowest BCUT2D eigenvalue weighted by Gasteiger charge is -2.47. The van der Waals surface area contributed by atoms with Gasteiger partial charge in [-0.3, -0.25) is 9.69 Å². The van der Waals surface area contributed by atoms with Gasteiger partial charge >= 0.3 is 5.97 Å². The molecule has 1 amide bonds. The lowest BCUT2D eigenvalue weighted by molar-refractivity contribution is -0.188. The summed E-state index contributed by atoms with van der Waals surface area (Å²) in [5.74, 6) is -1.01. The van der Waals surface area contributed by atoms with Crippen molar-refractivity contribution in [1.29, 1.82) is 0 Å². The van der Waals surface area contributed by atoms with E-state index in [1.165, 1.54) is 4.90 Å². The SMILES string of the molecule is CC(C)(C1=C(C(=O)O)N2C(=O)C(C)(C)C2O1)c1ccccc1. The molecule has 0 aliphatic carbocycles. The van der Waals surface area contributed by atoms with E-state index in [2.05, 4.69) is 0 Å². The Morgan fingerprint density at radius 3 is 2.41 bits per heavy atom. The quantitative estimate of drug-likeness (QED) is 0.871. The van der Waals surface area contributed by atoms with Crippen molar-refractivity contribution in [3.05, 3.63) is 47.4 Å². The highest BCUT2D eigenvalue weighted by Crippen LogP contribution is 2.51. The Morgan fingerprint density at radius 1 is 1.27 bits per heavy atom. The Balaban J connectivity index is 2.10. The molecule has 0 saturated carbocycles. The summed E-state index contributed by atoms with van der Waals surface area (Å²) in [6.07, 6.45) is -0.538. The molecular weight excluding hydrogens is 282 g/mol. The molecule has 0 spiro atoms. The summed E-state index contributed by atoms with van der Waals surface area (Å²) in [7, 11) is 0. The lowest BCUT2D eigenvalue weighted by atomic mass is 9.80. The summed E-state index contributed by atoms with van der Waals surface area (Å²) in [6.45, 7) is 7.36. The highest BCUT2D eigenvalue weighted by Gasteiger charge is 2.64. The van der Waals surface area contributed by atoms with Crippen LogP contribution in [0.15, 0.2) is 41.8 Å². The van der Waals surface area contributed by atoms with Crippen molar-refractivity contribution in [2.45, 2.75) is 39.3 Å². The summed E-state index contributed by atoms with van der Waals surface area (Å²) >= 11 is 0. The van der Waals surface area contributed by atoms with Crippen LogP contribution in [0.4, 0.5) is 0 Å². The van der Waals surface area contributed by atoms with Crippen molar-refractivity contribution in [1.82, 2.24) is 4.90 Å². The average Bonchev–Trinajstić information content (AvgIpc) is 2.87. The van der Waals surface area contributed by atoms with Crippen LogP contribution in [0, 0.1) is 5.41 Å². The Morgan fingerprint density at radius 2 is 1.86 bits per heavy atom. The molecule has 1 N–H and O–H groups in total. The highest BCUT2D eigenvalue weighted by molar-refractivity contribution is 6.00. The molecule has 1 fully saturated rings. The number of carbonyl (C=O) groups is 2. The molecule has 1 atom stereocenters. The maximum Gasteiger partial charge on any atom is 0.356 e. The summed E-state index contributed by atoms with van der Waals surface area (Å²) in [5, 5.41) is 9.57. The summed E-state index contributed by atoms with van der Waals surface area (Å²) in [6, 6.07) is 9.56. The zero-order valence-corrected chi connectivity index (χ0v) is 13.1. The summed E-state index contributed by atoms with van der Waals surface area (Å²) < 4.78 is 5.94. The number of aliphatic carboxylic acids is 1. The van der Waals surface area contributed by atoms with Crippen molar-refractivity contribution >= 4 is 11.9 Å². The molecule has 116 valence electrons. The van der Waals surface area contributed by atoms with E-state index in [9.17, 15) is 14.7 Å². The van der Waals surface area contributed by atoms with E-state index in [0.717, 1.165) is 5.56 Å². The molecule has 1 saturated heterocycles. The number of β-lactam (4-membered cyclic amide) rings is 1. The molecule has 1 aromatic rings. The molecule has 0 radical (unpaired) electrons. The number of carboxylic acid groups (broad SMARTS) is 1. The molecular formula is C17H19NO4. The number of fused-ring (bicyclic) bond motifs is 1. The molecule has 2 heterocycles. The third-order valence-corrected chi connectivity index (χ3v) is 4.57. The minimum atomic E-state index is -1.13. The van der Waals surface area contributed by atoms with E-state index >= 15 is 0 Å². The van der Waals surface area contributed by atoms with Gasteiger partial charge < -0.3 is 9.84 Å². The molecule has 1 unspecified atom stereocenters. The summed E-state index contributed by atoms with van der Waals surface area (Å²) in [4.78, 5) is 25.2. The Hall–Kier alpha value is -2.30. The van der Waals surface area contributed by atoms with Gasteiger partial charge in [0.05, 0.1) is 0 Å². The van der Waals surface area contributed by atoms with Crippen LogP contribution >= 0.6 is 0 Å². The van der Waals surface area contributed by atoms with E-state index in [-0.39, 0.29) is 11.6 Å². The van der Waals surface area contributed by atoms with Crippen molar-refractivity contribution in [2.24, 2.45) is 5.41 Å². The number of amides is 1. The molecule has 2 aliphatic rings. The average molecular weight is 301 g/mol.